The number of hydrogen-bond donors (Lipinski definition) is 0. The van der Waals surface area contributed by atoms with E-state index < -0.39 is 5.60 Å². The molecule has 0 fully saturated rings. The van der Waals surface area contributed by atoms with Crippen LogP contribution in [0.1, 0.15) is 39.7 Å². The first-order chi connectivity index (χ1) is 15.9. The van der Waals surface area contributed by atoms with E-state index in [1.807, 2.05) is 37.3 Å². The number of hydrogen-bond acceptors (Lipinski definition) is 4. The maximum atomic E-state index is 12.2. The van der Waals surface area contributed by atoms with Crippen molar-refractivity contribution in [3.05, 3.63) is 90.5 Å². The Labute approximate surface area is 196 Å². The number of esters is 1. The van der Waals surface area contributed by atoms with Crippen molar-refractivity contribution in [2.75, 3.05) is 13.2 Å². The van der Waals surface area contributed by atoms with Gasteiger partial charge in [-0.3, -0.25) is 0 Å². The predicted octanol–water partition coefficient (Wildman–Crippen LogP) is 6.95. The van der Waals surface area contributed by atoms with E-state index in [-0.39, 0.29) is 5.97 Å². The molecule has 0 amide bonds. The highest BCUT2D eigenvalue weighted by Crippen LogP contribution is 2.26. The van der Waals surface area contributed by atoms with Gasteiger partial charge in [-0.05, 0) is 79.8 Å². The summed E-state index contributed by atoms with van der Waals surface area (Å²) in [5, 5.41) is 0. The van der Waals surface area contributed by atoms with Crippen molar-refractivity contribution in [2.24, 2.45) is 0 Å². The molecule has 4 nitrogen and oxygen atoms in total. The summed E-state index contributed by atoms with van der Waals surface area (Å²) in [7, 11) is 0. The maximum absolute atomic E-state index is 12.2. The van der Waals surface area contributed by atoms with Gasteiger partial charge in [0, 0.05) is 0 Å². The summed E-state index contributed by atoms with van der Waals surface area (Å²) in [6.45, 7) is 8.30. The molecule has 4 heteroatoms. The molecular formula is C29H32O4. The standard InChI is InChI=1S/C29H32O4/c1-5-29(4,28(30)31-6-2)33-27-18-16-26(17-19-27)32-21-20-22(3)23-12-14-25(15-13-23)24-10-8-7-9-11-24/h7-20H,5-6,21H2,1-4H3/b22-20-. The molecule has 0 heterocycles. The Hall–Kier alpha value is -3.53. The molecule has 0 spiro atoms. The zero-order valence-electron chi connectivity index (χ0n) is 19.8. The molecule has 3 rings (SSSR count). The zero-order chi connectivity index (χ0) is 23.7. The van der Waals surface area contributed by atoms with Crippen LogP contribution in [-0.4, -0.2) is 24.8 Å². The second-order valence-electron chi connectivity index (χ2n) is 8.02. The van der Waals surface area contributed by atoms with Crippen molar-refractivity contribution >= 4 is 11.5 Å². The molecule has 0 bridgehead atoms. The van der Waals surface area contributed by atoms with Gasteiger partial charge in [0.2, 0.25) is 5.60 Å². The van der Waals surface area contributed by atoms with Crippen LogP contribution < -0.4 is 9.47 Å². The molecule has 0 N–H and O–H groups in total. The molecule has 172 valence electrons. The molecule has 1 unspecified atom stereocenters. The van der Waals surface area contributed by atoms with Gasteiger partial charge < -0.3 is 14.2 Å². The Morgan fingerprint density at radius 3 is 2.06 bits per heavy atom. The molecule has 0 aliphatic heterocycles. The van der Waals surface area contributed by atoms with Crippen molar-refractivity contribution in [3.63, 3.8) is 0 Å². The smallest absolute Gasteiger partial charge is 0.350 e. The van der Waals surface area contributed by atoms with E-state index in [0.717, 1.165) is 11.3 Å². The third-order valence-corrected chi connectivity index (χ3v) is 5.64. The van der Waals surface area contributed by atoms with Crippen LogP contribution in [0.4, 0.5) is 0 Å². The molecule has 0 aliphatic carbocycles. The van der Waals surface area contributed by atoms with Crippen LogP contribution in [-0.2, 0) is 9.53 Å². The van der Waals surface area contributed by atoms with E-state index in [1.54, 1.807) is 26.0 Å². The van der Waals surface area contributed by atoms with E-state index in [2.05, 4.69) is 49.4 Å². The van der Waals surface area contributed by atoms with Gasteiger partial charge in [0.1, 0.15) is 18.1 Å². The first-order valence-electron chi connectivity index (χ1n) is 11.4. The van der Waals surface area contributed by atoms with E-state index in [9.17, 15) is 4.79 Å². The van der Waals surface area contributed by atoms with Crippen molar-refractivity contribution in [1.29, 1.82) is 0 Å². The van der Waals surface area contributed by atoms with Crippen LogP contribution in [0.15, 0.2) is 84.9 Å². The number of allylic oxidation sites excluding steroid dienone is 1. The van der Waals surface area contributed by atoms with Crippen LogP contribution >= 0.6 is 0 Å². The maximum Gasteiger partial charge on any atom is 0.350 e. The van der Waals surface area contributed by atoms with Gasteiger partial charge in [-0.25, -0.2) is 4.79 Å². The first-order valence-corrected chi connectivity index (χ1v) is 11.4. The minimum Gasteiger partial charge on any atom is -0.490 e. The molecule has 0 aliphatic rings. The average molecular weight is 445 g/mol. The first kappa shape index (κ1) is 24.1. The van der Waals surface area contributed by atoms with Crippen LogP contribution in [0.3, 0.4) is 0 Å². The van der Waals surface area contributed by atoms with E-state index in [4.69, 9.17) is 14.2 Å². The highest BCUT2D eigenvalue weighted by Gasteiger charge is 2.35. The van der Waals surface area contributed by atoms with Gasteiger partial charge in [0.15, 0.2) is 0 Å². The summed E-state index contributed by atoms with van der Waals surface area (Å²) >= 11 is 0. The van der Waals surface area contributed by atoms with Gasteiger partial charge >= 0.3 is 5.97 Å². The molecule has 0 saturated heterocycles. The molecule has 3 aromatic rings. The summed E-state index contributed by atoms with van der Waals surface area (Å²) in [4.78, 5) is 12.2. The molecular weight excluding hydrogens is 412 g/mol. The van der Waals surface area contributed by atoms with Gasteiger partial charge in [-0.15, -0.1) is 0 Å². The predicted molar refractivity (Wildman–Crippen MR) is 133 cm³/mol. The minimum atomic E-state index is -1.01. The lowest BCUT2D eigenvalue weighted by molar-refractivity contribution is -0.160. The summed E-state index contributed by atoms with van der Waals surface area (Å²) in [5.41, 5.74) is 3.73. The van der Waals surface area contributed by atoms with Crippen LogP contribution in [0, 0.1) is 0 Å². The number of carbonyl (C=O) groups is 1. The molecule has 33 heavy (non-hydrogen) atoms. The summed E-state index contributed by atoms with van der Waals surface area (Å²) in [6, 6.07) is 26.2. The van der Waals surface area contributed by atoms with Crippen molar-refractivity contribution in [2.45, 2.75) is 39.7 Å². The third kappa shape index (κ3) is 6.48. The van der Waals surface area contributed by atoms with E-state index in [1.165, 1.54) is 16.7 Å². The van der Waals surface area contributed by atoms with Crippen LogP contribution in [0.2, 0.25) is 0 Å². The highest BCUT2D eigenvalue weighted by atomic mass is 16.6. The topological polar surface area (TPSA) is 44.8 Å². The van der Waals surface area contributed by atoms with Gasteiger partial charge in [0.05, 0.1) is 6.61 Å². The Balaban J connectivity index is 1.56. The fourth-order valence-electron chi connectivity index (χ4n) is 3.34. The van der Waals surface area contributed by atoms with Crippen molar-refractivity contribution in [3.8, 4) is 22.6 Å². The van der Waals surface area contributed by atoms with Crippen LogP contribution in [0.5, 0.6) is 11.5 Å². The summed E-state index contributed by atoms with van der Waals surface area (Å²) in [5.74, 6) is 0.982. The third-order valence-electron chi connectivity index (χ3n) is 5.64. The van der Waals surface area contributed by atoms with Gasteiger partial charge in [-0.1, -0.05) is 61.5 Å². The lowest BCUT2D eigenvalue weighted by Gasteiger charge is -2.27. The van der Waals surface area contributed by atoms with E-state index >= 15 is 0 Å². The lowest BCUT2D eigenvalue weighted by Crippen LogP contribution is -2.42. The lowest BCUT2D eigenvalue weighted by atomic mass is 10.0. The largest absolute Gasteiger partial charge is 0.490 e. The zero-order valence-corrected chi connectivity index (χ0v) is 19.8. The van der Waals surface area contributed by atoms with Gasteiger partial charge in [0.25, 0.3) is 0 Å². The summed E-state index contributed by atoms with van der Waals surface area (Å²) in [6.07, 6.45) is 2.58. The second-order valence-corrected chi connectivity index (χ2v) is 8.02. The van der Waals surface area contributed by atoms with Crippen LogP contribution in [0.25, 0.3) is 16.7 Å². The number of carbonyl (C=O) groups excluding carboxylic acids is 1. The molecule has 0 radical (unpaired) electrons. The Kier molecular flexibility index (Phi) is 8.31. The number of ether oxygens (including phenoxy) is 3. The Morgan fingerprint density at radius 2 is 1.45 bits per heavy atom. The molecule has 0 saturated carbocycles. The van der Waals surface area contributed by atoms with Crippen molar-refractivity contribution in [1.82, 2.24) is 0 Å². The SMILES string of the molecule is CCOC(=O)C(C)(CC)Oc1ccc(OC/C=C(/C)c2ccc(-c3ccccc3)cc2)cc1. The highest BCUT2D eigenvalue weighted by molar-refractivity contribution is 5.79. The molecule has 1 atom stereocenters. The summed E-state index contributed by atoms with van der Waals surface area (Å²) < 4.78 is 16.9. The van der Waals surface area contributed by atoms with Gasteiger partial charge in [-0.2, -0.15) is 0 Å². The minimum absolute atomic E-state index is 0.328. The fourth-order valence-corrected chi connectivity index (χ4v) is 3.34. The van der Waals surface area contributed by atoms with Crippen molar-refractivity contribution < 1.29 is 19.0 Å². The number of rotatable bonds is 10. The number of benzene rings is 3. The normalized spacial score (nSPS) is 13.2. The fraction of sp³-hybridized carbons (Fsp3) is 0.276. The van der Waals surface area contributed by atoms with E-state index in [0.29, 0.717) is 25.4 Å². The average Bonchev–Trinajstić information content (AvgIpc) is 2.85. The Bertz CT molecular complexity index is 1050. The quantitative estimate of drug-likeness (QED) is 0.318. The molecule has 0 aromatic heterocycles. The monoisotopic (exact) mass is 444 g/mol. The molecule has 3 aromatic carbocycles. The second kappa shape index (κ2) is 11.4. The Morgan fingerprint density at radius 1 is 0.848 bits per heavy atom.